The summed E-state index contributed by atoms with van der Waals surface area (Å²) >= 11 is 0. The maximum atomic E-state index is 13.4. The van der Waals surface area contributed by atoms with Gasteiger partial charge in [0.15, 0.2) is 23.3 Å². The first kappa shape index (κ1) is 16.2. The fraction of sp³-hybridized carbons (Fsp3) is 0.538. The molecule has 0 aliphatic carbocycles. The molecule has 6 heteroatoms. The van der Waals surface area contributed by atoms with Crippen LogP contribution in [0.3, 0.4) is 0 Å². The number of hydrogen-bond acceptors (Lipinski definition) is 1. The van der Waals surface area contributed by atoms with E-state index in [9.17, 15) is 17.6 Å². The zero-order valence-corrected chi connectivity index (χ0v) is 13.3. The SMILES string of the molecule is CC(C)(CCCCc1cc(F)c(F)c(F)c1F)O[SiH3]. The van der Waals surface area contributed by atoms with Gasteiger partial charge >= 0.3 is 0 Å². The molecule has 0 heterocycles. The van der Waals surface area contributed by atoms with Gasteiger partial charge in [0.1, 0.15) is 10.5 Å². The minimum atomic E-state index is -1.76. The van der Waals surface area contributed by atoms with Gasteiger partial charge in [-0.3, -0.25) is 0 Å². The van der Waals surface area contributed by atoms with Crippen molar-refractivity contribution in [3.8, 4) is 0 Å². The van der Waals surface area contributed by atoms with Crippen molar-refractivity contribution in [2.45, 2.75) is 45.1 Å². The molecule has 0 fully saturated rings. The molecule has 1 rings (SSSR count). The zero-order chi connectivity index (χ0) is 14.6. The number of halogens is 4. The molecule has 19 heavy (non-hydrogen) atoms. The summed E-state index contributed by atoms with van der Waals surface area (Å²) in [5, 5.41) is 0. The van der Waals surface area contributed by atoms with Crippen molar-refractivity contribution >= 4 is 10.5 Å². The third-order valence-electron chi connectivity index (χ3n) is 3.21. The van der Waals surface area contributed by atoms with Gasteiger partial charge < -0.3 is 4.43 Å². The van der Waals surface area contributed by atoms with Gasteiger partial charge in [0, 0.05) is 5.60 Å². The van der Waals surface area contributed by atoms with E-state index in [1.165, 1.54) is 0 Å². The minimum absolute atomic E-state index is 0.124. The predicted molar refractivity (Wildman–Crippen MR) is 68.9 cm³/mol. The second kappa shape index (κ2) is 6.52. The predicted octanol–water partition coefficient (Wildman–Crippen LogP) is 3.03. The van der Waals surface area contributed by atoms with Crippen LogP contribution in [0.25, 0.3) is 0 Å². The lowest BCUT2D eigenvalue weighted by atomic mass is 9.99. The Morgan fingerprint density at radius 2 is 1.68 bits per heavy atom. The Hall–Kier alpha value is -0.883. The smallest absolute Gasteiger partial charge is 0.197 e. The number of rotatable bonds is 6. The van der Waals surface area contributed by atoms with Gasteiger partial charge in [0.05, 0.1) is 0 Å². The van der Waals surface area contributed by atoms with Crippen molar-refractivity contribution in [1.82, 2.24) is 0 Å². The Balaban J connectivity index is 2.60. The van der Waals surface area contributed by atoms with Gasteiger partial charge in [-0.1, -0.05) is 6.42 Å². The van der Waals surface area contributed by atoms with Gasteiger partial charge in [-0.05, 0) is 44.7 Å². The first-order valence-corrected chi connectivity index (χ1v) is 6.97. The Labute approximate surface area is 113 Å². The van der Waals surface area contributed by atoms with Crippen LogP contribution in [0.5, 0.6) is 0 Å². The van der Waals surface area contributed by atoms with E-state index >= 15 is 0 Å². The summed E-state index contributed by atoms with van der Waals surface area (Å²) in [6, 6.07) is 0.724. The molecule has 0 aliphatic heterocycles. The molecule has 0 amide bonds. The average molecular weight is 294 g/mol. The van der Waals surface area contributed by atoms with E-state index < -0.39 is 23.3 Å². The van der Waals surface area contributed by atoms with Gasteiger partial charge in [-0.25, -0.2) is 17.6 Å². The van der Waals surface area contributed by atoms with Crippen LogP contribution in [0.2, 0.25) is 0 Å². The largest absolute Gasteiger partial charge is 0.423 e. The molecule has 1 aromatic carbocycles. The third kappa shape index (κ3) is 4.31. The van der Waals surface area contributed by atoms with E-state index in [1.807, 2.05) is 13.8 Å². The average Bonchev–Trinajstić information content (AvgIpc) is 2.37. The highest BCUT2D eigenvalue weighted by Crippen LogP contribution is 2.22. The van der Waals surface area contributed by atoms with Crippen molar-refractivity contribution in [3.05, 3.63) is 34.9 Å². The summed E-state index contributed by atoms with van der Waals surface area (Å²) in [4.78, 5) is 0. The van der Waals surface area contributed by atoms with Crippen LogP contribution in [0.1, 0.15) is 38.7 Å². The maximum Gasteiger partial charge on any atom is 0.197 e. The summed E-state index contributed by atoms with van der Waals surface area (Å²) in [6.07, 6.45) is 2.27. The lowest BCUT2D eigenvalue weighted by molar-refractivity contribution is 0.109. The van der Waals surface area contributed by atoms with Crippen molar-refractivity contribution < 1.29 is 22.0 Å². The summed E-state index contributed by atoms with van der Waals surface area (Å²) in [6.45, 7) is 3.91. The summed E-state index contributed by atoms with van der Waals surface area (Å²) in [5.41, 5.74) is -0.342. The second-order valence-electron chi connectivity index (χ2n) is 5.13. The van der Waals surface area contributed by atoms with Crippen LogP contribution in [-0.2, 0) is 10.8 Å². The highest BCUT2D eigenvalue weighted by atomic mass is 28.2. The number of unbranched alkanes of at least 4 members (excludes halogenated alkanes) is 1. The molecule has 0 saturated carbocycles. The molecule has 0 unspecified atom stereocenters. The van der Waals surface area contributed by atoms with Crippen molar-refractivity contribution in [1.29, 1.82) is 0 Å². The number of hydrogen-bond donors (Lipinski definition) is 0. The van der Waals surface area contributed by atoms with Crippen LogP contribution < -0.4 is 0 Å². The molecule has 0 radical (unpaired) electrons. The molecule has 108 valence electrons. The van der Waals surface area contributed by atoms with Crippen molar-refractivity contribution in [3.63, 3.8) is 0 Å². The first-order chi connectivity index (χ1) is 8.78. The lowest BCUT2D eigenvalue weighted by Gasteiger charge is -2.23. The Kier molecular flexibility index (Phi) is 5.55. The van der Waals surface area contributed by atoms with Crippen LogP contribution in [0.4, 0.5) is 17.6 Å². The first-order valence-electron chi connectivity index (χ1n) is 6.15. The molecule has 1 nitrogen and oxygen atoms in total. The fourth-order valence-corrected chi connectivity index (χ4v) is 1.98. The van der Waals surface area contributed by atoms with E-state index in [0.717, 1.165) is 18.9 Å². The van der Waals surface area contributed by atoms with Crippen LogP contribution in [0.15, 0.2) is 6.07 Å². The van der Waals surface area contributed by atoms with Crippen molar-refractivity contribution in [2.75, 3.05) is 0 Å². The monoisotopic (exact) mass is 294 g/mol. The summed E-state index contributed by atoms with van der Waals surface area (Å²) < 4.78 is 57.5. The second-order valence-corrected chi connectivity index (χ2v) is 5.54. The topological polar surface area (TPSA) is 9.23 Å². The normalized spacial score (nSPS) is 12.1. The van der Waals surface area contributed by atoms with Crippen LogP contribution in [0, 0.1) is 23.3 Å². The minimum Gasteiger partial charge on any atom is -0.423 e. The van der Waals surface area contributed by atoms with E-state index in [2.05, 4.69) is 0 Å². The van der Waals surface area contributed by atoms with Gasteiger partial charge in [-0.15, -0.1) is 0 Å². The van der Waals surface area contributed by atoms with Gasteiger partial charge in [0.2, 0.25) is 0 Å². The number of benzene rings is 1. The fourth-order valence-electron chi connectivity index (χ4n) is 1.77. The molecule has 0 aliphatic rings. The molecular formula is C13H18F4OSi. The quantitative estimate of drug-likeness (QED) is 0.258. The van der Waals surface area contributed by atoms with E-state index in [4.69, 9.17) is 4.43 Å². The van der Waals surface area contributed by atoms with Gasteiger partial charge in [0.25, 0.3) is 0 Å². The molecule has 0 bridgehead atoms. The summed E-state index contributed by atoms with van der Waals surface area (Å²) in [5.74, 6) is -6.14. The highest BCUT2D eigenvalue weighted by Gasteiger charge is 2.19. The standard InChI is InChI=1S/C13H18F4OSi/c1-13(2,18-19)6-4-3-5-8-7-9(14)11(16)12(17)10(8)15/h7H,3-6H2,1-2,19H3. The Morgan fingerprint density at radius 1 is 1.05 bits per heavy atom. The highest BCUT2D eigenvalue weighted by molar-refractivity contribution is 5.98. The van der Waals surface area contributed by atoms with E-state index in [-0.39, 0.29) is 17.6 Å². The molecular weight excluding hydrogens is 276 g/mol. The van der Waals surface area contributed by atoms with Gasteiger partial charge in [-0.2, -0.15) is 0 Å². The molecule has 0 aromatic heterocycles. The van der Waals surface area contributed by atoms with Crippen LogP contribution >= 0.6 is 0 Å². The van der Waals surface area contributed by atoms with Crippen molar-refractivity contribution in [2.24, 2.45) is 0 Å². The molecule has 0 atom stereocenters. The van der Waals surface area contributed by atoms with E-state index in [0.29, 0.717) is 16.9 Å². The zero-order valence-electron chi connectivity index (χ0n) is 11.3. The number of aryl methyl sites for hydroxylation is 1. The Morgan fingerprint density at radius 3 is 2.26 bits per heavy atom. The van der Waals surface area contributed by atoms with Crippen LogP contribution in [-0.4, -0.2) is 16.1 Å². The Bertz CT molecular complexity index is 449. The molecule has 0 saturated heterocycles. The lowest BCUT2D eigenvalue weighted by Crippen LogP contribution is -2.22. The van der Waals surface area contributed by atoms with E-state index in [1.54, 1.807) is 0 Å². The third-order valence-corrected chi connectivity index (χ3v) is 4.31. The molecule has 0 N–H and O–H groups in total. The summed E-state index contributed by atoms with van der Waals surface area (Å²) in [7, 11) is 0.636. The molecule has 0 spiro atoms. The molecule has 1 aromatic rings. The maximum absolute atomic E-state index is 13.4.